The number of rotatable bonds is 10. The summed E-state index contributed by atoms with van der Waals surface area (Å²) < 4.78 is 0. The number of hydrogen-bond acceptors (Lipinski definition) is 4. The molecule has 0 spiro atoms. The van der Waals surface area contributed by atoms with Gasteiger partial charge in [0.25, 0.3) is 0 Å². The number of piperidine rings is 1. The van der Waals surface area contributed by atoms with Crippen molar-refractivity contribution in [1.82, 2.24) is 4.90 Å². The van der Waals surface area contributed by atoms with Crippen LogP contribution in [0.4, 0.5) is 5.69 Å². The average molecular weight is 649 g/mol. The molecule has 0 atom stereocenters. The summed E-state index contributed by atoms with van der Waals surface area (Å²) in [5.74, 6) is 1.13. The molecule has 0 radical (unpaired) electrons. The Kier molecular flexibility index (Phi) is 10.5. The van der Waals surface area contributed by atoms with Crippen molar-refractivity contribution >= 4 is 23.0 Å². The van der Waals surface area contributed by atoms with Crippen LogP contribution in [0, 0.1) is 5.92 Å². The Hall–Kier alpha value is -3.41. The fraction of sp³-hybridized carbons (Fsp3) is 0.452. The van der Waals surface area contributed by atoms with E-state index in [1.165, 1.54) is 64.1 Å². The third-order valence-electron chi connectivity index (χ3n) is 10.8. The number of carbonyl (C=O) groups is 1. The maximum absolute atomic E-state index is 11.2. The van der Waals surface area contributed by atoms with Crippen LogP contribution in [0.5, 0.6) is 0 Å². The summed E-state index contributed by atoms with van der Waals surface area (Å²) in [5.41, 5.74) is 8.76. The van der Waals surface area contributed by atoms with Crippen LogP contribution >= 0.6 is 11.3 Å². The van der Waals surface area contributed by atoms with Crippen LogP contribution in [-0.2, 0) is 12.0 Å². The summed E-state index contributed by atoms with van der Waals surface area (Å²) in [7, 11) is 0. The summed E-state index contributed by atoms with van der Waals surface area (Å²) in [4.78, 5) is 17.7. The number of hydrogen-bond donors (Lipinski definition) is 1. The molecule has 5 heteroatoms. The van der Waals surface area contributed by atoms with Crippen LogP contribution in [0.2, 0.25) is 0 Å². The van der Waals surface area contributed by atoms with Crippen molar-refractivity contribution in [2.45, 2.75) is 90.0 Å². The Morgan fingerprint density at radius 2 is 1.40 bits per heavy atom. The first-order valence-corrected chi connectivity index (χ1v) is 18.6. The highest BCUT2D eigenvalue weighted by molar-refractivity contribution is 7.10. The summed E-state index contributed by atoms with van der Waals surface area (Å²) >= 11 is 1.87. The zero-order chi connectivity index (χ0) is 33.0. The number of thiophene rings is 1. The van der Waals surface area contributed by atoms with Gasteiger partial charge in [-0.15, -0.1) is 11.3 Å². The zero-order valence-corrected chi connectivity index (χ0v) is 29.6. The first-order chi connectivity index (χ1) is 22.7. The van der Waals surface area contributed by atoms with Gasteiger partial charge in [-0.3, -0.25) is 4.90 Å². The molecule has 1 saturated heterocycles. The van der Waals surface area contributed by atoms with E-state index in [1.54, 1.807) is 12.1 Å². The third-order valence-corrected chi connectivity index (χ3v) is 11.7. The lowest BCUT2D eigenvalue weighted by Crippen LogP contribution is -2.32. The molecule has 248 valence electrons. The molecular weight excluding hydrogens is 597 g/mol. The molecule has 4 nitrogen and oxygen atoms in total. The molecule has 2 aliphatic rings. The van der Waals surface area contributed by atoms with E-state index >= 15 is 0 Å². The molecule has 2 fully saturated rings. The molecule has 1 aliphatic heterocycles. The minimum atomic E-state index is -0.859. The van der Waals surface area contributed by atoms with Gasteiger partial charge in [0.1, 0.15) is 0 Å². The first-order valence-electron chi connectivity index (χ1n) is 17.7. The van der Waals surface area contributed by atoms with E-state index in [9.17, 15) is 9.90 Å². The van der Waals surface area contributed by atoms with E-state index in [4.69, 9.17) is 0 Å². The second-order valence-corrected chi connectivity index (χ2v) is 16.0. The van der Waals surface area contributed by atoms with Gasteiger partial charge in [-0.25, -0.2) is 4.79 Å². The van der Waals surface area contributed by atoms with Crippen molar-refractivity contribution in [3.63, 3.8) is 0 Å². The van der Waals surface area contributed by atoms with Gasteiger partial charge in [-0.2, -0.15) is 0 Å². The molecule has 0 unspecified atom stereocenters. The Morgan fingerprint density at radius 3 is 1.98 bits per heavy atom. The maximum Gasteiger partial charge on any atom is 0.335 e. The molecule has 0 bridgehead atoms. The van der Waals surface area contributed by atoms with Crippen LogP contribution in [-0.4, -0.2) is 42.2 Å². The van der Waals surface area contributed by atoms with E-state index < -0.39 is 5.97 Å². The van der Waals surface area contributed by atoms with Crippen LogP contribution in [0.3, 0.4) is 0 Å². The summed E-state index contributed by atoms with van der Waals surface area (Å²) in [6.07, 6.45) is 7.47. The molecular formula is C42H52N2O2S. The van der Waals surface area contributed by atoms with Gasteiger partial charge in [0.05, 0.1) is 5.56 Å². The summed E-state index contributed by atoms with van der Waals surface area (Å²) in [6.45, 7) is 14.5. The lowest BCUT2D eigenvalue weighted by molar-refractivity contribution is 0.0697. The Balaban J connectivity index is 0.975. The lowest BCUT2D eigenvalue weighted by Gasteiger charge is -2.34. The van der Waals surface area contributed by atoms with Gasteiger partial charge < -0.3 is 10.0 Å². The van der Waals surface area contributed by atoms with Crippen molar-refractivity contribution in [3.05, 3.63) is 111 Å². The van der Waals surface area contributed by atoms with E-state index in [1.807, 2.05) is 23.5 Å². The topological polar surface area (TPSA) is 43.8 Å². The maximum atomic E-state index is 11.2. The van der Waals surface area contributed by atoms with Crippen molar-refractivity contribution in [2.75, 3.05) is 31.1 Å². The fourth-order valence-corrected chi connectivity index (χ4v) is 8.62. The Labute approximate surface area is 286 Å². The molecule has 1 N–H and O–H groups in total. The van der Waals surface area contributed by atoms with Gasteiger partial charge in [-0.05, 0) is 145 Å². The average Bonchev–Trinajstić information content (AvgIpc) is 3.56. The standard InChI is InChI=1S/C42H52N2O2S/c1-5-44(27-30-6-8-31(9-7-30)33-14-18-38(19-15-33)42(2,3)4)39-20-16-34(17-21-39)37-26-40(47-29-37)28-43-24-22-35(23-25-43)32-10-12-36(13-11-32)41(45)46/h10-21,26,29-31,35H,5-9,22-25,27-28H2,1-4H3,(H,45,46)/t30-,31-. The van der Waals surface area contributed by atoms with Gasteiger partial charge in [0, 0.05) is 30.2 Å². The van der Waals surface area contributed by atoms with E-state index in [-0.39, 0.29) is 5.41 Å². The molecule has 4 aromatic rings. The molecule has 3 aromatic carbocycles. The summed E-state index contributed by atoms with van der Waals surface area (Å²) in [5, 5.41) is 11.5. The minimum Gasteiger partial charge on any atom is -0.478 e. The highest BCUT2D eigenvalue weighted by Crippen LogP contribution is 2.38. The number of likely N-dealkylation sites (tertiary alicyclic amines) is 1. The van der Waals surface area contributed by atoms with Gasteiger partial charge in [0.15, 0.2) is 0 Å². The monoisotopic (exact) mass is 648 g/mol. The van der Waals surface area contributed by atoms with Crippen LogP contribution < -0.4 is 4.90 Å². The van der Waals surface area contributed by atoms with Crippen LogP contribution in [0.25, 0.3) is 11.1 Å². The normalized spacial score (nSPS) is 19.5. The molecule has 1 saturated carbocycles. The molecule has 1 aliphatic carbocycles. The number of aromatic carboxylic acids is 1. The predicted octanol–water partition coefficient (Wildman–Crippen LogP) is 10.6. The van der Waals surface area contributed by atoms with Gasteiger partial charge in [0.2, 0.25) is 0 Å². The quantitative estimate of drug-likeness (QED) is 0.186. The number of nitrogens with zero attached hydrogens (tertiary/aromatic N) is 2. The highest BCUT2D eigenvalue weighted by Gasteiger charge is 2.25. The van der Waals surface area contributed by atoms with Crippen LogP contribution in [0.15, 0.2) is 84.2 Å². The van der Waals surface area contributed by atoms with E-state index in [2.05, 4.69) is 97.5 Å². The second-order valence-electron chi connectivity index (χ2n) is 15.0. The fourth-order valence-electron chi connectivity index (χ4n) is 7.68. The smallest absolute Gasteiger partial charge is 0.335 e. The molecule has 0 amide bonds. The lowest BCUT2D eigenvalue weighted by atomic mass is 9.77. The van der Waals surface area contributed by atoms with E-state index in [0.29, 0.717) is 17.4 Å². The van der Waals surface area contributed by atoms with Crippen LogP contribution in [0.1, 0.15) is 110 Å². The number of anilines is 1. The molecule has 2 heterocycles. The van der Waals surface area contributed by atoms with Crippen molar-refractivity contribution in [2.24, 2.45) is 5.92 Å². The zero-order valence-electron chi connectivity index (χ0n) is 28.8. The van der Waals surface area contributed by atoms with E-state index in [0.717, 1.165) is 51.5 Å². The Morgan fingerprint density at radius 1 is 0.809 bits per heavy atom. The number of carboxylic acids is 1. The molecule has 1 aromatic heterocycles. The predicted molar refractivity (Wildman–Crippen MR) is 198 cm³/mol. The van der Waals surface area contributed by atoms with Gasteiger partial charge in [-0.1, -0.05) is 69.3 Å². The Bertz CT molecular complexity index is 1580. The SMILES string of the molecule is CCN(C[C@H]1CC[C@H](c2ccc(C(C)(C)C)cc2)CC1)c1ccc(-c2csc(CN3CCC(c4ccc(C(=O)O)cc4)CC3)c2)cc1. The highest BCUT2D eigenvalue weighted by atomic mass is 32.1. The molecule has 6 rings (SSSR count). The van der Waals surface area contributed by atoms with Crippen molar-refractivity contribution in [1.29, 1.82) is 0 Å². The second kappa shape index (κ2) is 14.8. The van der Waals surface area contributed by atoms with Crippen molar-refractivity contribution in [3.8, 4) is 11.1 Å². The van der Waals surface area contributed by atoms with Gasteiger partial charge >= 0.3 is 5.97 Å². The molecule has 47 heavy (non-hydrogen) atoms. The van der Waals surface area contributed by atoms with Crippen molar-refractivity contribution < 1.29 is 9.90 Å². The number of carboxylic acid groups (broad SMARTS) is 1. The summed E-state index contributed by atoms with van der Waals surface area (Å²) in [6, 6.07) is 28.6. The number of benzene rings is 3. The third kappa shape index (κ3) is 8.36. The first kappa shape index (κ1) is 33.5. The largest absolute Gasteiger partial charge is 0.478 e. The minimum absolute atomic E-state index is 0.215.